The van der Waals surface area contributed by atoms with E-state index in [1.165, 1.54) is 24.9 Å². The molecule has 6 heteroatoms. The number of aliphatic hydroxyl groups excluding tert-OH is 1. The number of anilines is 1. The van der Waals surface area contributed by atoms with Crippen molar-refractivity contribution in [1.82, 2.24) is 15.2 Å². The number of nitrogens with one attached hydrogen (secondary N) is 1. The molecule has 0 unspecified atom stereocenters. The van der Waals surface area contributed by atoms with E-state index in [0.717, 1.165) is 49.3 Å². The number of aromatic nitrogens is 1. The van der Waals surface area contributed by atoms with Gasteiger partial charge in [0.2, 0.25) is 0 Å². The molecule has 2 atom stereocenters. The van der Waals surface area contributed by atoms with Gasteiger partial charge in [-0.1, -0.05) is 24.3 Å². The maximum atomic E-state index is 12.9. The quantitative estimate of drug-likeness (QED) is 0.648. The molecule has 3 fully saturated rings. The third kappa shape index (κ3) is 4.15. The Balaban J connectivity index is 1.32. The highest BCUT2D eigenvalue weighted by molar-refractivity contribution is 5.99. The fourth-order valence-electron chi connectivity index (χ4n) is 6.04. The van der Waals surface area contributed by atoms with Gasteiger partial charge in [-0.3, -0.25) is 9.69 Å². The van der Waals surface area contributed by atoms with Gasteiger partial charge in [0.1, 0.15) is 5.82 Å². The molecule has 2 aliphatic carbocycles. The third-order valence-corrected chi connectivity index (χ3v) is 8.38. The summed E-state index contributed by atoms with van der Waals surface area (Å²) in [4.78, 5) is 19.8. The number of hydrogen-bond acceptors (Lipinski definition) is 5. The van der Waals surface area contributed by atoms with Crippen LogP contribution in [0.1, 0.15) is 68.3 Å². The molecule has 4 N–H and O–H groups in total. The average molecular weight is 449 g/mol. The first-order valence-electron chi connectivity index (χ1n) is 12.4. The summed E-state index contributed by atoms with van der Waals surface area (Å²) in [5.41, 5.74) is 10.2. The SMILES string of the molecule is CC(C)N1C[C@H]2CC[C@@]2(c2ccc(-c3cnc(N)c(C(=O)N[C@H]4CC[C@H](O)CC4)c3)cc2)C1. The van der Waals surface area contributed by atoms with Crippen LogP contribution in [0.15, 0.2) is 36.5 Å². The van der Waals surface area contributed by atoms with Crippen molar-refractivity contribution in [2.45, 2.75) is 76.0 Å². The Hall–Kier alpha value is -2.44. The Labute approximate surface area is 196 Å². The highest BCUT2D eigenvalue weighted by Gasteiger charge is 2.53. The maximum absolute atomic E-state index is 12.9. The molecular weight excluding hydrogens is 412 g/mol. The summed E-state index contributed by atoms with van der Waals surface area (Å²) >= 11 is 0. The van der Waals surface area contributed by atoms with Crippen LogP contribution in [-0.4, -0.2) is 52.2 Å². The predicted octanol–water partition coefficient (Wildman–Crippen LogP) is 3.74. The van der Waals surface area contributed by atoms with Crippen LogP contribution in [0, 0.1) is 5.92 Å². The van der Waals surface area contributed by atoms with Crippen molar-refractivity contribution in [3.05, 3.63) is 47.7 Å². The molecule has 33 heavy (non-hydrogen) atoms. The highest BCUT2D eigenvalue weighted by Crippen LogP contribution is 2.54. The Bertz CT molecular complexity index is 1010. The smallest absolute Gasteiger partial charge is 0.255 e. The number of carbonyl (C=O) groups excluding carboxylic acids is 1. The summed E-state index contributed by atoms with van der Waals surface area (Å²) in [6, 6.07) is 11.4. The van der Waals surface area contributed by atoms with Crippen molar-refractivity contribution in [1.29, 1.82) is 0 Å². The Morgan fingerprint density at radius 1 is 1.15 bits per heavy atom. The molecule has 2 aromatic rings. The zero-order chi connectivity index (χ0) is 23.2. The molecular formula is C27H36N4O2. The maximum Gasteiger partial charge on any atom is 0.255 e. The van der Waals surface area contributed by atoms with Crippen LogP contribution in [0.3, 0.4) is 0 Å². The number of nitrogens with zero attached hydrogens (tertiary/aromatic N) is 2. The minimum absolute atomic E-state index is 0.0785. The molecule has 2 heterocycles. The molecule has 6 nitrogen and oxygen atoms in total. The zero-order valence-corrected chi connectivity index (χ0v) is 19.8. The van der Waals surface area contributed by atoms with E-state index in [1.807, 2.05) is 6.07 Å². The van der Waals surface area contributed by atoms with E-state index in [0.29, 0.717) is 17.0 Å². The van der Waals surface area contributed by atoms with Gasteiger partial charge in [-0.05, 0) is 75.5 Å². The van der Waals surface area contributed by atoms with Crippen molar-refractivity contribution in [3.63, 3.8) is 0 Å². The third-order valence-electron chi connectivity index (χ3n) is 8.38. The molecule has 3 aliphatic rings. The van der Waals surface area contributed by atoms with Gasteiger partial charge in [0.15, 0.2) is 0 Å². The van der Waals surface area contributed by atoms with Crippen LogP contribution in [0.5, 0.6) is 0 Å². The van der Waals surface area contributed by atoms with Crippen molar-refractivity contribution in [2.24, 2.45) is 5.92 Å². The van der Waals surface area contributed by atoms with Crippen molar-refractivity contribution >= 4 is 11.7 Å². The molecule has 1 aromatic heterocycles. The minimum Gasteiger partial charge on any atom is -0.393 e. The molecule has 1 saturated heterocycles. The normalized spacial score (nSPS) is 29.5. The molecule has 0 bridgehead atoms. The molecule has 0 radical (unpaired) electrons. The van der Waals surface area contributed by atoms with Crippen LogP contribution in [0.4, 0.5) is 5.82 Å². The molecule has 2 saturated carbocycles. The molecule has 0 spiro atoms. The van der Waals surface area contributed by atoms with Gasteiger partial charge in [0, 0.05) is 42.3 Å². The number of rotatable bonds is 5. The molecule has 1 amide bonds. The van der Waals surface area contributed by atoms with Crippen LogP contribution >= 0.6 is 0 Å². The number of aliphatic hydroxyl groups is 1. The molecule has 1 aromatic carbocycles. The lowest BCUT2D eigenvalue weighted by atomic mass is 9.58. The second-order valence-corrected chi connectivity index (χ2v) is 10.6. The monoisotopic (exact) mass is 448 g/mol. The summed E-state index contributed by atoms with van der Waals surface area (Å²) < 4.78 is 0. The Kier molecular flexibility index (Phi) is 5.91. The molecule has 5 rings (SSSR count). The number of amides is 1. The number of nitrogen functional groups attached to an aromatic ring is 1. The summed E-state index contributed by atoms with van der Waals surface area (Å²) in [7, 11) is 0. The number of likely N-dealkylation sites (tertiary alicyclic amines) is 1. The van der Waals surface area contributed by atoms with Gasteiger partial charge < -0.3 is 16.2 Å². The van der Waals surface area contributed by atoms with E-state index < -0.39 is 0 Å². The first-order chi connectivity index (χ1) is 15.9. The number of fused-ring (bicyclic) bond motifs is 1. The zero-order valence-electron chi connectivity index (χ0n) is 19.8. The van der Waals surface area contributed by atoms with Gasteiger partial charge in [-0.25, -0.2) is 4.98 Å². The fraction of sp³-hybridized carbons (Fsp3) is 0.556. The largest absolute Gasteiger partial charge is 0.393 e. The first kappa shape index (κ1) is 22.4. The lowest BCUT2D eigenvalue weighted by Gasteiger charge is -2.45. The average Bonchev–Trinajstić information content (AvgIpc) is 3.07. The topological polar surface area (TPSA) is 91.5 Å². The lowest BCUT2D eigenvalue weighted by Crippen LogP contribution is -2.43. The second kappa shape index (κ2) is 8.73. The van der Waals surface area contributed by atoms with Crippen molar-refractivity contribution in [2.75, 3.05) is 18.8 Å². The van der Waals surface area contributed by atoms with Crippen LogP contribution in [0.25, 0.3) is 11.1 Å². The summed E-state index contributed by atoms with van der Waals surface area (Å²) in [5.74, 6) is 0.829. The van der Waals surface area contributed by atoms with E-state index in [9.17, 15) is 9.90 Å². The number of carbonyl (C=O) groups is 1. The lowest BCUT2D eigenvalue weighted by molar-refractivity contribution is 0.0868. The van der Waals surface area contributed by atoms with E-state index in [4.69, 9.17) is 5.73 Å². The van der Waals surface area contributed by atoms with E-state index in [1.54, 1.807) is 6.20 Å². The highest BCUT2D eigenvalue weighted by atomic mass is 16.3. The van der Waals surface area contributed by atoms with Crippen LogP contribution in [-0.2, 0) is 5.41 Å². The standard InChI is InChI=1S/C27H36N4O2/c1-17(2)31-15-21-11-12-27(21,16-31)20-5-3-18(4-6-20)19-13-24(25(28)29-14-19)26(33)30-22-7-9-23(32)10-8-22/h3-6,13-14,17,21-23,32H,7-12,15-16H2,1-2H3,(H2,28,29)(H,30,33)/t21-,22-,23-,27+/m1/s1. The number of nitrogens with two attached hydrogens (primary N) is 1. The summed E-state index contributed by atoms with van der Waals surface area (Å²) in [6.45, 7) is 6.95. The van der Waals surface area contributed by atoms with E-state index in [2.05, 4.69) is 53.3 Å². The van der Waals surface area contributed by atoms with Crippen molar-refractivity contribution < 1.29 is 9.90 Å². The number of benzene rings is 1. The second-order valence-electron chi connectivity index (χ2n) is 10.6. The predicted molar refractivity (Wildman–Crippen MR) is 131 cm³/mol. The van der Waals surface area contributed by atoms with Crippen LogP contribution in [0.2, 0.25) is 0 Å². The van der Waals surface area contributed by atoms with E-state index in [-0.39, 0.29) is 23.9 Å². The van der Waals surface area contributed by atoms with Gasteiger partial charge in [0.25, 0.3) is 5.91 Å². The molecule has 176 valence electrons. The fourth-order valence-corrected chi connectivity index (χ4v) is 6.04. The summed E-state index contributed by atoms with van der Waals surface area (Å²) in [6.07, 6.45) is 7.13. The number of hydrogen-bond donors (Lipinski definition) is 3. The molecule has 1 aliphatic heterocycles. The van der Waals surface area contributed by atoms with Crippen LogP contribution < -0.4 is 11.1 Å². The Morgan fingerprint density at radius 2 is 1.88 bits per heavy atom. The number of pyridine rings is 1. The van der Waals surface area contributed by atoms with Crippen molar-refractivity contribution in [3.8, 4) is 11.1 Å². The Morgan fingerprint density at radius 3 is 2.52 bits per heavy atom. The van der Waals surface area contributed by atoms with Gasteiger partial charge in [-0.15, -0.1) is 0 Å². The van der Waals surface area contributed by atoms with Gasteiger partial charge >= 0.3 is 0 Å². The summed E-state index contributed by atoms with van der Waals surface area (Å²) in [5, 5.41) is 12.8. The van der Waals surface area contributed by atoms with E-state index >= 15 is 0 Å². The minimum atomic E-state index is -0.247. The van der Waals surface area contributed by atoms with Gasteiger partial charge in [-0.2, -0.15) is 0 Å². The first-order valence-corrected chi connectivity index (χ1v) is 12.4. The van der Waals surface area contributed by atoms with Gasteiger partial charge in [0.05, 0.1) is 11.7 Å².